The molecule has 0 unspecified atom stereocenters. The van der Waals surface area contributed by atoms with Gasteiger partial charge < -0.3 is 9.80 Å². The number of urea groups is 1. The van der Waals surface area contributed by atoms with Gasteiger partial charge in [0.25, 0.3) is 0 Å². The van der Waals surface area contributed by atoms with Gasteiger partial charge in [-0.25, -0.2) is 26.4 Å². The molecule has 3 rings (SSSR count). The molecule has 1 heterocycles. The van der Waals surface area contributed by atoms with Crippen LogP contribution in [0, 0.1) is 0 Å². The third-order valence-electron chi connectivity index (χ3n) is 5.35. The van der Waals surface area contributed by atoms with Crippen LogP contribution in [0.2, 0.25) is 0 Å². The van der Waals surface area contributed by atoms with E-state index >= 15 is 0 Å². The van der Waals surface area contributed by atoms with Gasteiger partial charge in [-0.2, -0.15) is 13.2 Å². The summed E-state index contributed by atoms with van der Waals surface area (Å²) in [5.41, 5.74) is -1.49. The maximum absolute atomic E-state index is 13.6. The van der Waals surface area contributed by atoms with E-state index in [0.717, 1.165) is 18.9 Å². The maximum atomic E-state index is 13.6. The lowest BCUT2D eigenvalue weighted by Gasteiger charge is -2.24. The van der Waals surface area contributed by atoms with Crippen LogP contribution in [0.1, 0.15) is 18.4 Å². The molecule has 1 fully saturated rings. The first kappa shape index (κ1) is 26.0. The van der Waals surface area contributed by atoms with Gasteiger partial charge in [-0.05, 0) is 43.2 Å². The van der Waals surface area contributed by atoms with E-state index in [1.54, 1.807) is 11.0 Å². The van der Waals surface area contributed by atoms with Gasteiger partial charge in [-0.1, -0.05) is 18.2 Å². The molecule has 2 amide bonds. The van der Waals surface area contributed by atoms with Gasteiger partial charge in [-0.3, -0.25) is 0 Å². The molecule has 34 heavy (non-hydrogen) atoms. The highest BCUT2D eigenvalue weighted by molar-refractivity contribution is 7.91. The van der Waals surface area contributed by atoms with Gasteiger partial charge in [0.1, 0.15) is 0 Å². The Morgan fingerprint density at radius 2 is 1.62 bits per heavy atom. The molecule has 8 nitrogen and oxygen atoms in total. The average Bonchev–Trinajstić information content (AvgIpc) is 3.33. The zero-order chi connectivity index (χ0) is 25.1. The van der Waals surface area contributed by atoms with Crippen LogP contribution >= 0.6 is 0 Å². The predicted octanol–water partition coefficient (Wildman–Crippen LogP) is 2.96. The van der Waals surface area contributed by atoms with E-state index in [0.29, 0.717) is 25.2 Å². The van der Waals surface area contributed by atoms with Gasteiger partial charge >= 0.3 is 12.2 Å². The number of likely N-dealkylation sites (N-methyl/N-ethyl adjacent to an activating group) is 1. The van der Waals surface area contributed by atoms with E-state index in [2.05, 4.69) is 0 Å². The molecule has 186 valence electrons. The van der Waals surface area contributed by atoms with Crippen LogP contribution in [0.3, 0.4) is 0 Å². The van der Waals surface area contributed by atoms with E-state index in [-0.39, 0.29) is 24.0 Å². The molecule has 2 aromatic rings. The summed E-state index contributed by atoms with van der Waals surface area (Å²) < 4.78 is 94.0. The lowest BCUT2D eigenvalue weighted by Crippen LogP contribution is -2.43. The van der Waals surface area contributed by atoms with E-state index < -0.39 is 41.4 Å². The number of amides is 2. The van der Waals surface area contributed by atoms with Gasteiger partial charge in [0.05, 0.1) is 20.2 Å². The van der Waals surface area contributed by atoms with Crippen LogP contribution in [0.4, 0.5) is 18.0 Å². The molecule has 2 aromatic carbocycles. The molecule has 0 saturated carbocycles. The number of sulfone groups is 1. The summed E-state index contributed by atoms with van der Waals surface area (Å²) in [5, 5.41) is 0. The fraction of sp³-hybridized carbons (Fsp3) is 0.381. The highest BCUT2D eigenvalue weighted by Crippen LogP contribution is 2.36. The third-order valence-corrected chi connectivity index (χ3v) is 8.62. The number of nitrogens with zero attached hydrogens (tertiary/aromatic N) is 2. The lowest BCUT2D eigenvalue weighted by atomic mass is 10.2. The summed E-state index contributed by atoms with van der Waals surface area (Å²) in [6.07, 6.45) is -3.30. The summed E-state index contributed by atoms with van der Waals surface area (Å²) in [4.78, 5) is 13.2. The first-order chi connectivity index (χ1) is 15.8. The Bertz CT molecular complexity index is 1240. The molecular formula is C21H24F3N3O5S2. The summed E-state index contributed by atoms with van der Waals surface area (Å²) >= 11 is 0. The summed E-state index contributed by atoms with van der Waals surface area (Å²) in [6, 6.07) is 8.33. The second-order valence-corrected chi connectivity index (χ2v) is 11.5. The number of alkyl halides is 3. The number of hydrogen-bond donors (Lipinski definition) is 1. The maximum Gasteiger partial charge on any atom is 0.417 e. The third kappa shape index (κ3) is 5.70. The average molecular weight is 520 g/mol. The van der Waals surface area contributed by atoms with E-state index in [9.17, 15) is 34.8 Å². The molecule has 0 aliphatic carbocycles. The molecule has 1 aliphatic heterocycles. The van der Waals surface area contributed by atoms with Crippen molar-refractivity contribution in [3.63, 3.8) is 0 Å². The molecule has 0 spiro atoms. The molecule has 0 aromatic heterocycles. The van der Waals surface area contributed by atoms with Crippen molar-refractivity contribution in [1.82, 2.24) is 14.5 Å². The van der Waals surface area contributed by atoms with E-state index in [1.165, 1.54) is 36.2 Å². The first-order valence-electron chi connectivity index (χ1n) is 10.3. The standard InChI is InChI=1S/C21H24F3N3O5S2/c1-26(20(28)27-12-5-6-13-27)14-11-25-34(31,32)19-15-17(9-10-18(19)21(22,23)24)33(29,30)16-7-3-2-4-8-16/h2-4,7-10,15,25H,5-6,11-14H2,1H3. The van der Waals surface area contributed by atoms with Crippen molar-refractivity contribution in [3.05, 3.63) is 54.1 Å². The number of carbonyl (C=O) groups is 1. The largest absolute Gasteiger partial charge is 0.417 e. The minimum atomic E-state index is -5.04. The lowest BCUT2D eigenvalue weighted by molar-refractivity contribution is -0.139. The van der Waals surface area contributed by atoms with Crippen LogP contribution in [-0.4, -0.2) is 65.9 Å². The molecule has 0 bridgehead atoms. The number of hydrogen-bond acceptors (Lipinski definition) is 5. The number of nitrogens with one attached hydrogen (secondary N) is 1. The second-order valence-electron chi connectivity index (χ2n) is 7.77. The minimum absolute atomic E-state index is 0.0854. The molecule has 1 saturated heterocycles. The van der Waals surface area contributed by atoms with Crippen molar-refractivity contribution in [2.45, 2.75) is 33.7 Å². The van der Waals surface area contributed by atoms with Crippen LogP contribution in [0.5, 0.6) is 0 Å². The normalized spacial score (nSPS) is 14.9. The number of rotatable bonds is 7. The molecule has 0 radical (unpaired) electrons. The first-order valence-corrected chi connectivity index (χ1v) is 13.3. The van der Waals surface area contributed by atoms with Crippen molar-refractivity contribution in [3.8, 4) is 0 Å². The van der Waals surface area contributed by atoms with Gasteiger partial charge in [-0.15, -0.1) is 0 Å². The van der Waals surface area contributed by atoms with Crippen molar-refractivity contribution < 1.29 is 34.8 Å². The van der Waals surface area contributed by atoms with Gasteiger partial charge in [0, 0.05) is 33.2 Å². The Labute approximate surface area is 196 Å². The zero-order valence-electron chi connectivity index (χ0n) is 18.2. The molecule has 1 N–H and O–H groups in total. The van der Waals surface area contributed by atoms with Crippen molar-refractivity contribution >= 4 is 25.9 Å². The number of halogens is 3. The van der Waals surface area contributed by atoms with Gasteiger partial charge in [0.15, 0.2) is 0 Å². The van der Waals surface area contributed by atoms with E-state index in [4.69, 9.17) is 0 Å². The SMILES string of the molecule is CN(CCNS(=O)(=O)c1cc(S(=O)(=O)c2ccccc2)ccc1C(F)(F)F)C(=O)N1CCCC1. The minimum Gasteiger partial charge on any atom is -0.326 e. The van der Waals surface area contributed by atoms with E-state index in [1.807, 2.05) is 4.72 Å². The highest BCUT2D eigenvalue weighted by atomic mass is 32.2. The van der Waals surface area contributed by atoms with Crippen molar-refractivity contribution in [1.29, 1.82) is 0 Å². The van der Waals surface area contributed by atoms with Crippen LogP contribution in [-0.2, 0) is 26.0 Å². The quantitative estimate of drug-likeness (QED) is 0.606. The Hall–Kier alpha value is -2.64. The predicted molar refractivity (Wildman–Crippen MR) is 117 cm³/mol. The van der Waals surface area contributed by atoms with Crippen molar-refractivity contribution in [2.24, 2.45) is 0 Å². The van der Waals surface area contributed by atoms with Crippen molar-refractivity contribution in [2.75, 3.05) is 33.2 Å². The Balaban J connectivity index is 1.86. The number of carbonyl (C=O) groups excluding carboxylic acids is 1. The second kappa shape index (κ2) is 9.92. The highest BCUT2D eigenvalue weighted by Gasteiger charge is 2.38. The number of benzene rings is 2. The van der Waals surface area contributed by atoms with Crippen LogP contribution < -0.4 is 4.72 Å². The number of sulfonamides is 1. The fourth-order valence-corrected chi connectivity index (χ4v) is 6.19. The monoisotopic (exact) mass is 519 g/mol. The zero-order valence-corrected chi connectivity index (χ0v) is 19.9. The summed E-state index contributed by atoms with van der Waals surface area (Å²) in [6.45, 7) is 0.738. The smallest absolute Gasteiger partial charge is 0.326 e. The molecule has 0 atom stereocenters. The Morgan fingerprint density at radius 3 is 2.21 bits per heavy atom. The topological polar surface area (TPSA) is 104 Å². The fourth-order valence-electron chi connectivity index (χ4n) is 3.53. The molecule has 13 heteroatoms. The summed E-state index contributed by atoms with van der Waals surface area (Å²) in [5.74, 6) is 0. The Morgan fingerprint density at radius 1 is 1.00 bits per heavy atom. The number of likely N-dealkylation sites (tertiary alicyclic amines) is 1. The van der Waals surface area contributed by atoms with Crippen LogP contribution in [0.15, 0.2) is 63.2 Å². The molecule has 1 aliphatic rings. The van der Waals surface area contributed by atoms with Crippen LogP contribution in [0.25, 0.3) is 0 Å². The Kier molecular flexibility index (Phi) is 7.58. The van der Waals surface area contributed by atoms with Gasteiger partial charge in [0.2, 0.25) is 19.9 Å². The summed E-state index contributed by atoms with van der Waals surface area (Å²) in [7, 11) is -7.56. The molecular weight excluding hydrogens is 495 g/mol.